The van der Waals surface area contributed by atoms with Crippen LogP contribution < -0.4 is 21.7 Å². The largest absolute Gasteiger partial charge is 0.368 e. The van der Waals surface area contributed by atoms with E-state index >= 15 is 0 Å². The Balaban J connectivity index is 1.82. The fraction of sp³-hybridized carbons (Fsp3) is 0.368. The number of aliphatic imine (C=N–C) groups is 1. The predicted molar refractivity (Wildman–Crippen MR) is 108 cm³/mol. The van der Waals surface area contributed by atoms with Gasteiger partial charge < -0.3 is 21.7 Å². The van der Waals surface area contributed by atoms with Gasteiger partial charge in [-0.2, -0.15) is 5.10 Å². The number of carbonyl (C=O) groups excluding carboxylic acids is 2. The van der Waals surface area contributed by atoms with Crippen molar-refractivity contribution >= 4 is 17.8 Å². The van der Waals surface area contributed by atoms with Crippen molar-refractivity contribution in [3.63, 3.8) is 0 Å². The summed E-state index contributed by atoms with van der Waals surface area (Å²) in [4.78, 5) is 27.2. The second-order valence-electron chi connectivity index (χ2n) is 6.09. The van der Waals surface area contributed by atoms with Gasteiger partial charge >= 0.3 is 0 Å². The lowest BCUT2D eigenvalue weighted by atomic mass is 10.1. The number of primary amides is 1. The molecular weight excluding hydrogens is 358 g/mol. The van der Waals surface area contributed by atoms with Gasteiger partial charge in [0.2, 0.25) is 5.91 Å². The summed E-state index contributed by atoms with van der Waals surface area (Å²) >= 11 is 0. The van der Waals surface area contributed by atoms with Crippen molar-refractivity contribution in [1.82, 2.24) is 25.7 Å². The first kappa shape index (κ1) is 20.9. The van der Waals surface area contributed by atoms with Crippen molar-refractivity contribution in [2.24, 2.45) is 10.7 Å². The second kappa shape index (κ2) is 11.4. The van der Waals surface area contributed by atoms with Crippen molar-refractivity contribution in [3.8, 4) is 0 Å². The van der Waals surface area contributed by atoms with Crippen LogP contribution in [0.4, 0.5) is 0 Å². The van der Waals surface area contributed by atoms with E-state index in [-0.39, 0.29) is 12.5 Å². The van der Waals surface area contributed by atoms with E-state index in [4.69, 9.17) is 5.73 Å². The maximum Gasteiger partial charge on any atom is 0.251 e. The fourth-order valence-electron chi connectivity index (χ4n) is 2.42. The number of nitrogens with two attached hydrogens (primary N) is 1. The average molecular weight is 385 g/mol. The van der Waals surface area contributed by atoms with Crippen molar-refractivity contribution in [2.45, 2.75) is 26.4 Å². The lowest BCUT2D eigenvalue weighted by Crippen LogP contribution is -2.38. The Morgan fingerprint density at radius 1 is 1.18 bits per heavy atom. The summed E-state index contributed by atoms with van der Waals surface area (Å²) in [6.07, 6.45) is 4.64. The van der Waals surface area contributed by atoms with Gasteiger partial charge in [-0.3, -0.25) is 14.3 Å². The van der Waals surface area contributed by atoms with Crippen molar-refractivity contribution in [2.75, 3.05) is 19.6 Å². The SMILES string of the molecule is CCNC(=NCc1ccc(C(=O)NCC(N)=O)cc1)NCCCn1cccn1. The first-order valence-electron chi connectivity index (χ1n) is 9.23. The van der Waals surface area contributed by atoms with Gasteiger partial charge in [0, 0.05) is 37.6 Å². The molecule has 0 aliphatic heterocycles. The Bertz CT molecular complexity index is 770. The molecule has 1 aromatic heterocycles. The summed E-state index contributed by atoms with van der Waals surface area (Å²) in [5.74, 6) is -0.167. The van der Waals surface area contributed by atoms with E-state index in [1.54, 1.807) is 18.3 Å². The molecule has 0 aliphatic carbocycles. The molecule has 0 atom stereocenters. The van der Waals surface area contributed by atoms with E-state index in [2.05, 4.69) is 26.0 Å². The normalized spacial score (nSPS) is 11.1. The van der Waals surface area contributed by atoms with Gasteiger partial charge in [-0.25, -0.2) is 4.99 Å². The molecular formula is C19H27N7O2. The number of carbonyl (C=O) groups is 2. The molecule has 0 aliphatic rings. The molecule has 2 amide bonds. The molecule has 0 spiro atoms. The van der Waals surface area contributed by atoms with Gasteiger partial charge in [0.25, 0.3) is 5.91 Å². The van der Waals surface area contributed by atoms with Crippen LogP contribution in [-0.4, -0.2) is 47.2 Å². The van der Waals surface area contributed by atoms with Crippen molar-refractivity contribution < 1.29 is 9.59 Å². The van der Waals surface area contributed by atoms with Crippen molar-refractivity contribution in [3.05, 3.63) is 53.9 Å². The number of benzene rings is 1. The summed E-state index contributed by atoms with van der Waals surface area (Å²) in [7, 11) is 0. The van der Waals surface area contributed by atoms with E-state index in [0.29, 0.717) is 12.1 Å². The average Bonchev–Trinajstić information content (AvgIpc) is 3.21. The number of amides is 2. The molecule has 150 valence electrons. The molecule has 2 rings (SSSR count). The first-order chi connectivity index (χ1) is 13.6. The Kier molecular flexibility index (Phi) is 8.51. The molecule has 0 saturated carbocycles. The minimum atomic E-state index is -0.576. The lowest BCUT2D eigenvalue weighted by molar-refractivity contribution is -0.117. The van der Waals surface area contributed by atoms with E-state index in [1.807, 2.05) is 36.0 Å². The Hall–Kier alpha value is -3.36. The number of hydrogen-bond donors (Lipinski definition) is 4. The van der Waals surface area contributed by atoms with Crippen molar-refractivity contribution in [1.29, 1.82) is 0 Å². The highest BCUT2D eigenvalue weighted by Crippen LogP contribution is 2.06. The molecule has 2 aromatic rings. The summed E-state index contributed by atoms with van der Waals surface area (Å²) in [6.45, 7) is 4.72. The molecule has 0 fully saturated rings. The van der Waals surface area contributed by atoms with Crippen LogP contribution in [0.25, 0.3) is 0 Å². The molecule has 0 bridgehead atoms. The molecule has 1 heterocycles. The van der Waals surface area contributed by atoms with Crippen LogP contribution in [0.3, 0.4) is 0 Å². The number of aromatic nitrogens is 2. The van der Waals surface area contributed by atoms with Gasteiger partial charge in [-0.15, -0.1) is 0 Å². The van der Waals surface area contributed by atoms with Crippen LogP contribution >= 0.6 is 0 Å². The number of nitrogens with zero attached hydrogens (tertiary/aromatic N) is 3. The summed E-state index contributed by atoms with van der Waals surface area (Å²) in [6, 6.07) is 8.98. The number of nitrogens with one attached hydrogen (secondary N) is 3. The molecule has 28 heavy (non-hydrogen) atoms. The predicted octanol–water partition coefficient (Wildman–Crippen LogP) is 0.244. The molecule has 0 saturated heterocycles. The zero-order valence-electron chi connectivity index (χ0n) is 16.0. The topological polar surface area (TPSA) is 126 Å². The zero-order chi connectivity index (χ0) is 20.2. The summed E-state index contributed by atoms with van der Waals surface area (Å²) < 4.78 is 1.90. The monoisotopic (exact) mass is 385 g/mol. The molecule has 0 radical (unpaired) electrons. The van der Waals surface area contributed by atoms with E-state index in [9.17, 15) is 9.59 Å². The number of hydrogen-bond acceptors (Lipinski definition) is 4. The maximum absolute atomic E-state index is 11.9. The molecule has 5 N–H and O–H groups in total. The highest BCUT2D eigenvalue weighted by molar-refractivity contribution is 5.96. The van der Waals surface area contributed by atoms with Gasteiger partial charge in [0.15, 0.2) is 5.96 Å². The van der Waals surface area contributed by atoms with Gasteiger partial charge in [0.1, 0.15) is 0 Å². The first-order valence-corrected chi connectivity index (χ1v) is 9.23. The quantitative estimate of drug-likeness (QED) is 0.265. The Morgan fingerprint density at radius 2 is 1.96 bits per heavy atom. The lowest BCUT2D eigenvalue weighted by Gasteiger charge is -2.11. The zero-order valence-corrected chi connectivity index (χ0v) is 16.0. The van der Waals surface area contributed by atoms with Gasteiger partial charge in [-0.1, -0.05) is 12.1 Å². The standard InChI is InChI=1S/C19H27N7O2/c1-2-21-19(22-9-3-11-26-12-4-10-25-26)24-13-15-5-7-16(8-6-15)18(28)23-14-17(20)27/h4-8,10,12H,2-3,9,11,13-14H2,1H3,(H2,20,27)(H,23,28)(H2,21,22,24). The second-order valence-corrected chi connectivity index (χ2v) is 6.09. The molecule has 0 unspecified atom stereocenters. The van der Waals surface area contributed by atoms with Crippen LogP contribution in [-0.2, 0) is 17.9 Å². The minimum absolute atomic E-state index is 0.178. The number of aryl methyl sites for hydroxylation is 1. The van der Waals surface area contributed by atoms with E-state index in [0.717, 1.165) is 37.6 Å². The summed E-state index contributed by atoms with van der Waals surface area (Å²) in [5.41, 5.74) is 6.46. The minimum Gasteiger partial charge on any atom is -0.368 e. The Morgan fingerprint density at radius 3 is 2.61 bits per heavy atom. The molecule has 9 heteroatoms. The fourth-order valence-corrected chi connectivity index (χ4v) is 2.42. The van der Waals surface area contributed by atoms with Crippen LogP contribution in [0.2, 0.25) is 0 Å². The third-order valence-corrected chi connectivity index (χ3v) is 3.82. The van der Waals surface area contributed by atoms with Gasteiger partial charge in [0.05, 0.1) is 13.1 Å². The summed E-state index contributed by atoms with van der Waals surface area (Å²) in [5, 5.41) is 13.1. The number of rotatable bonds is 10. The highest BCUT2D eigenvalue weighted by Gasteiger charge is 2.06. The van der Waals surface area contributed by atoms with Gasteiger partial charge in [-0.05, 0) is 37.1 Å². The van der Waals surface area contributed by atoms with E-state index < -0.39 is 5.91 Å². The van der Waals surface area contributed by atoms with Crippen LogP contribution in [0.5, 0.6) is 0 Å². The van der Waals surface area contributed by atoms with Crippen LogP contribution in [0.1, 0.15) is 29.3 Å². The number of guanidine groups is 1. The third-order valence-electron chi connectivity index (χ3n) is 3.82. The Labute approximate surface area is 164 Å². The van der Waals surface area contributed by atoms with E-state index in [1.165, 1.54) is 0 Å². The maximum atomic E-state index is 11.9. The van der Waals surface area contributed by atoms with Crippen LogP contribution in [0, 0.1) is 0 Å². The molecule has 9 nitrogen and oxygen atoms in total. The van der Waals surface area contributed by atoms with Crippen LogP contribution in [0.15, 0.2) is 47.7 Å². The third kappa shape index (κ3) is 7.48. The molecule has 1 aromatic carbocycles. The highest BCUT2D eigenvalue weighted by atomic mass is 16.2. The smallest absolute Gasteiger partial charge is 0.251 e.